The van der Waals surface area contributed by atoms with Gasteiger partial charge in [-0.25, -0.2) is 8.42 Å². The van der Waals surface area contributed by atoms with Crippen molar-refractivity contribution in [1.82, 2.24) is 14.2 Å². The van der Waals surface area contributed by atoms with Gasteiger partial charge in [-0.1, -0.05) is 12.1 Å². The lowest BCUT2D eigenvalue weighted by molar-refractivity contribution is 0.0827. The molecule has 1 amide bonds. The van der Waals surface area contributed by atoms with E-state index in [-0.39, 0.29) is 30.5 Å². The molecule has 0 atom stereocenters. The van der Waals surface area contributed by atoms with Gasteiger partial charge < -0.3 is 10.0 Å². The van der Waals surface area contributed by atoms with Gasteiger partial charge in [-0.05, 0) is 36.2 Å². The van der Waals surface area contributed by atoms with Gasteiger partial charge in [0.15, 0.2) is 0 Å². The van der Waals surface area contributed by atoms with E-state index in [0.717, 1.165) is 5.56 Å². The highest BCUT2D eigenvalue weighted by atomic mass is 32.2. The van der Waals surface area contributed by atoms with E-state index in [0.29, 0.717) is 12.0 Å². The van der Waals surface area contributed by atoms with Crippen LogP contribution in [0.1, 0.15) is 22.3 Å². The summed E-state index contributed by atoms with van der Waals surface area (Å²) in [5, 5.41) is 9.11. The maximum absolute atomic E-state index is 13.1. The Kier molecular flexibility index (Phi) is 6.84. The molecule has 0 fully saturated rings. The number of rotatable bonds is 8. The minimum absolute atomic E-state index is 0.0482. The van der Waals surface area contributed by atoms with Crippen molar-refractivity contribution in [1.29, 1.82) is 0 Å². The van der Waals surface area contributed by atoms with E-state index in [4.69, 9.17) is 5.11 Å². The van der Waals surface area contributed by atoms with Gasteiger partial charge in [0.25, 0.3) is 5.91 Å². The average Bonchev–Trinajstić information content (AvgIpc) is 2.65. The monoisotopic (exact) mass is 377 g/mol. The maximum Gasteiger partial charge on any atom is 0.253 e. The summed E-state index contributed by atoms with van der Waals surface area (Å²) in [4.78, 5) is 17.6. The molecule has 0 radical (unpaired) electrons. The number of aliphatic hydroxyl groups excluding tert-OH is 1. The molecule has 1 heterocycles. The van der Waals surface area contributed by atoms with Crippen LogP contribution in [0.5, 0.6) is 0 Å². The van der Waals surface area contributed by atoms with Crippen LogP contribution in [0.4, 0.5) is 0 Å². The van der Waals surface area contributed by atoms with Crippen LogP contribution in [-0.2, 0) is 16.6 Å². The first-order chi connectivity index (χ1) is 12.4. The van der Waals surface area contributed by atoms with Crippen LogP contribution in [0, 0.1) is 0 Å². The average molecular weight is 377 g/mol. The Labute approximate surface area is 153 Å². The third-order valence-corrected chi connectivity index (χ3v) is 5.61. The first-order valence-corrected chi connectivity index (χ1v) is 9.62. The molecular weight excluding hydrogens is 354 g/mol. The van der Waals surface area contributed by atoms with Crippen molar-refractivity contribution in [2.24, 2.45) is 0 Å². The summed E-state index contributed by atoms with van der Waals surface area (Å²) in [6.45, 7) is 0.194. The second-order valence-electron chi connectivity index (χ2n) is 6.00. The zero-order valence-electron chi connectivity index (χ0n) is 14.9. The molecule has 0 spiro atoms. The van der Waals surface area contributed by atoms with E-state index < -0.39 is 10.0 Å². The van der Waals surface area contributed by atoms with Gasteiger partial charge in [0.05, 0.1) is 4.90 Å². The number of pyridine rings is 1. The summed E-state index contributed by atoms with van der Waals surface area (Å²) < 4.78 is 27.5. The molecule has 26 heavy (non-hydrogen) atoms. The molecule has 1 aromatic carbocycles. The van der Waals surface area contributed by atoms with Crippen molar-refractivity contribution in [3.05, 3.63) is 59.9 Å². The van der Waals surface area contributed by atoms with Crippen LogP contribution in [0.2, 0.25) is 0 Å². The standard InChI is InChI=1S/C18H23N3O4S/c1-20(2)18(23)16-7-3-8-17(12-16)26(24,25)21(10-5-11-22)14-15-6-4-9-19-13-15/h3-4,6-9,12-13,22H,5,10-11,14H2,1-2H3. The van der Waals surface area contributed by atoms with E-state index in [1.165, 1.54) is 21.3 Å². The predicted molar refractivity (Wildman–Crippen MR) is 98.0 cm³/mol. The Morgan fingerprint density at radius 1 is 1.19 bits per heavy atom. The van der Waals surface area contributed by atoms with Gasteiger partial charge in [0, 0.05) is 51.7 Å². The molecule has 0 aliphatic carbocycles. The molecule has 8 heteroatoms. The molecule has 0 saturated heterocycles. The zero-order chi connectivity index (χ0) is 19.2. The van der Waals surface area contributed by atoms with Crippen LogP contribution in [0.3, 0.4) is 0 Å². The number of sulfonamides is 1. The van der Waals surface area contributed by atoms with Crippen molar-refractivity contribution in [2.75, 3.05) is 27.2 Å². The molecule has 0 unspecified atom stereocenters. The van der Waals surface area contributed by atoms with Crippen molar-refractivity contribution < 1.29 is 18.3 Å². The fraction of sp³-hybridized carbons (Fsp3) is 0.333. The quantitative estimate of drug-likeness (QED) is 0.750. The molecular formula is C18H23N3O4S. The summed E-state index contributed by atoms with van der Waals surface area (Å²) in [6.07, 6.45) is 3.54. The molecule has 7 nitrogen and oxygen atoms in total. The van der Waals surface area contributed by atoms with Gasteiger partial charge in [-0.15, -0.1) is 0 Å². The second-order valence-corrected chi connectivity index (χ2v) is 7.94. The van der Waals surface area contributed by atoms with Crippen LogP contribution in [-0.4, -0.2) is 60.9 Å². The summed E-state index contributed by atoms with van der Waals surface area (Å²) in [7, 11) is -0.608. The van der Waals surface area contributed by atoms with Crippen molar-refractivity contribution in [2.45, 2.75) is 17.9 Å². The minimum atomic E-state index is -3.83. The van der Waals surface area contributed by atoms with E-state index in [1.54, 1.807) is 50.8 Å². The van der Waals surface area contributed by atoms with Crippen molar-refractivity contribution in [3.63, 3.8) is 0 Å². The van der Waals surface area contributed by atoms with E-state index in [1.807, 2.05) is 0 Å². The predicted octanol–water partition coefficient (Wildman–Crippen LogP) is 1.36. The molecule has 0 aliphatic rings. The zero-order valence-corrected chi connectivity index (χ0v) is 15.7. The van der Waals surface area contributed by atoms with Crippen LogP contribution in [0.25, 0.3) is 0 Å². The summed E-state index contributed by atoms with van der Waals surface area (Å²) in [6, 6.07) is 9.52. The van der Waals surface area contributed by atoms with Crippen molar-refractivity contribution >= 4 is 15.9 Å². The Balaban J connectivity index is 2.36. The smallest absolute Gasteiger partial charge is 0.253 e. The van der Waals surface area contributed by atoms with E-state index >= 15 is 0 Å². The summed E-state index contributed by atoms with van der Waals surface area (Å²) in [5.74, 6) is -0.267. The van der Waals surface area contributed by atoms with Gasteiger partial charge in [-0.3, -0.25) is 9.78 Å². The Morgan fingerprint density at radius 3 is 2.58 bits per heavy atom. The summed E-state index contributed by atoms with van der Waals surface area (Å²) in [5.41, 5.74) is 1.05. The van der Waals surface area contributed by atoms with Crippen LogP contribution >= 0.6 is 0 Å². The van der Waals surface area contributed by atoms with Gasteiger partial charge in [0.1, 0.15) is 0 Å². The number of amides is 1. The SMILES string of the molecule is CN(C)C(=O)c1cccc(S(=O)(=O)N(CCCO)Cc2cccnc2)c1. The lowest BCUT2D eigenvalue weighted by Crippen LogP contribution is -2.32. The highest BCUT2D eigenvalue weighted by Crippen LogP contribution is 2.20. The topological polar surface area (TPSA) is 90.8 Å². The van der Waals surface area contributed by atoms with E-state index in [9.17, 15) is 13.2 Å². The summed E-state index contributed by atoms with van der Waals surface area (Å²) >= 11 is 0. The molecule has 0 aliphatic heterocycles. The number of aromatic nitrogens is 1. The number of aliphatic hydroxyl groups is 1. The lowest BCUT2D eigenvalue weighted by Gasteiger charge is -2.22. The fourth-order valence-corrected chi connectivity index (χ4v) is 3.94. The Morgan fingerprint density at radius 2 is 1.96 bits per heavy atom. The number of hydrogen-bond acceptors (Lipinski definition) is 5. The fourth-order valence-electron chi connectivity index (χ4n) is 2.42. The Hall–Kier alpha value is -2.29. The highest BCUT2D eigenvalue weighted by Gasteiger charge is 2.25. The third-order valence-electron chi connectivity index (χ3n) is 3.77. The minimum Gasteiger partial charge on any atom is -0.396 e. The molecule has 140 valence electrons. The third kappa shape index (κ3) is 4.87. The largest absolute Gasteiger partial charge is 0.396 e. The first kappa shape index (κ1) is 20.0. The first-order valence-electron chi connectivity index (χ1n) is 8.18. The number of benzene rings is 1. The molecule has 1 N–H and O–H groups in total. The molecule has 1 aromatic heterocycles. The second kappa shape index (κ2) is 8.88. The number of hydrogen-bond donors (Lipinski definition) is 1. The highest BCUT2D eigenvalue weighted by molar-refractivity contribution is 7.89. The van der Waals surface area contributed by atoms with Crippen LogP contribution < -0.4 is 0 Å². The van der Waals surface area contributed by atoms with Crippen molar-refractivity contribution in [3.8, 4) is 0 Å². The molecule has 2 aromatic rings. The van der Waals surface area contributed by atoms with Crippen LogP contribution in [0.15, 0.2) is 53.7 Å². The molecule has 0 bridgehead atoms. The lowest BCUT2D eigenvalue weighted by atomic mass is 10.2. The Bertz CT molecular complexity index is 839. The normalized spacial score (nSPS) is 11.5. The number of carbonyl (C=O) groups excluding carboxylic acids is 1. The molecule has 0 saturated carbocycles. The maximum atomic E-state index is 13.1. The van der Waals surface area contributed by atoms with Gasteiger partial charge in [-0.2, -0.15) is 4.31 Å². The molecule has 2 rings (SSSR count). The number of nitrogens with zero attached hydrogens (tertiary/aromatic N) is 3. The van der Waals surface area contributed by atoms with Gasteiger partial charge in [0.2, 0.25) is 10.0 Å². The van der Waals surface area contributed by atoms with Gasteiger partial charge >= 0.3 is 0 Å². The van der Waals surface area contributed by atoms with E-state index in [2.05, 4.69) is 4.98 Å². The number of carbonyl (C=O) groups is 1.